The molecule has 0 saturated carbocycles. The SMILES string of the molecule is CC(c1ccccc1F)N(C)Cc1cccc(C(=N)N)c1. The molecule has 3 N–H and O–H groups in total. The van der Waals surface area contributed by atoms with Gasteiger partial charge >= 0.3 is 0 Å². The maximum atomic E-state index is 13.8. The zero-order valence-corrected chi connectivity index (χ0v) is 12.3. The Hall–Kier alpha value is -2.20. The average molecular weight is 285 g/mol. The fourth-order valence-electron chi connectivity index (χ4n) is 2.31. The van der Waals surface area contributed by atoms with Crippen molar-refractivity contribution < 1.29 is 4.39 Å². The zero-order chi connectivity index (χ0) is 15.4. The van der Waals surface area contributed by atoms with E-state index < -0.39 is 0 Å². The first-order chi connectivity index (χ1) is 9.99. The molecule has 0 aliphatic rings. The highest BCUT2D eigenvalue weighted by atomic mass is 19.1. The van der Waals surface area contributed by atoms with E-state index in [9.17, 15) is 4.39 Å². The third-order valence-electron chi connectivity index (χ3n) is 3.69. The number of hydrogen-bond donors (Lipinski definition) is 2. The lowest BCUT2D eigenvalue weighted by molar-refractivity contribution is 0.248. The van der Waals surface area contributed by atoms with Crippen LogP contribution >= 0.6 is 0 Å². The molecule has 0 amide bonds. The number of amidine groups is 1. The van der Waals surface area contributed by atoms with E-state index in [-0.39, 0.29) is 17.7 Å². The molecular weight excluding hydrogens is 265 g/mol. The molecule has 0 fully saturated rings. The monoisotopic (exact) mass is 285 g/mol. The van der Waals surface area contributed by atoms with Gasteiger partial charge in [0.1, 0.15) is 11.7 Å². The number of benzene rings is 2. The smallest absolute Gasteiger partial charge is 0.127 e. The highest BCUT2D eigenvalue weighted by Crippen LogP contribution is 2.23. The Morgan fingerprint density at radius 2 is 1.95 bits per heavy atom. The van der Waals surface area contributed by atoms with E-state index in [0.29, 0.717) is 17.7 Å². The van der Waals surface area contributed by atoms with Crippen LogP contribution < -0.4 is 5.73 Å². The zero-order valence-electron chi connectivity index (χ0n) is 12.3. The van der Waals surface area contributed by atoms with Crippen molar-refractivity contribution in [1.82, 2.24) is 4.90 Å². The summed E-state index contributed by atoms with van der Waals surface area (Å²) in [5.41, 5.74) is 7.94. The highest BCUT2D eigenvalue weighted by molar-refractivity contribution is 5.95. The maximum Gasteiger partial charge on any atom is 0.127 e. The Kier molecular flexibility index (Phi) is 4.70. The van der Waals surface area contributed by atoms with Gasteiger partial charge in [-0.05, 0) is 31.7 Å². The van der Waals surface area contributed by atoms with E-state index in [4.69, 9.17) is 11.1 Å². The lowest BCUT2D eigenvalue weighted by Crippen LogP contribution is -2.23. The lowest BCUT2D eigenvalue weighted by atomic mass is 10.0. The van der Waals surface area contributed by atoms with E-state index >= 15 is 0 Å². The topological polar surface area (TPSA) is 53.1 Å². The lowest BCUT2D eigenvalue weighted by Gasteiger charge is -2.25. The van der Waals surface area contributed by atoms with Crippen LogP contribution in [0.25, 0.3) is 0 Å². The summed E-state index contributed by atoms with van der Waals surface area (Å²) in [6, 6.07) is 14.4. The number of nitrogens with one attached hydrogen (secondary N) is 1. The van der Waals surface area contributed by atoms with E-state index in [1.807, 2.05) is 50.4 Å². The number of rotatable bonds is 5. The minimum atomic E-state index is -0.186. The van der Waals surface area contributed by atoms with E-state index in [1.165, 1.54) is 6.07 Å². The Morgan fingerprint density at radius 3 is 2.62 bits per heavy atom. The molecule has 2 aromatic carbocycles. The molecule has 0 saturated heterocycles. The fourth-order valence-corrected chi connectivity index (χ4v) is 2.31. The van der Waals surface area contributed by atoms with Crippen LogP contribution in [0.5, 0.6) is 0 Å². The molecule has 4 heteroatoms. The first-order valence-electron chi connectivity index (χ1n) is 6.87. The molecule has 0 bridgehead atoms. The van der Waals surface area contributed by atoms with Crippen LogP contribution in [0, 0.1) is 11.2 Å². The number of nitrogens with zero attached hydrogens (tertiary/aromatic N) is 1. The summed E-state index contributed by atoms with van der Waals surface area (Å²) in [6.07, 6.45) is 0. The Morgan fingerprint density at radius 1 is 1.24 bits per heavy atom. The van der Waals surface area contributed by atoms with Gasteiger partial charge in [0.25, 0.3) is 0 Å². The average Bonchev–Trinajstić information content (AvgIpc) is 2.47. The molecule has 2 rings (SSSR count). The first kappa shape index (κ1) is 15.2. The van der Waals surface area contributed by atoms with Crippen LogP contribution in [0.1, 0.15) is 29.7 Å². The molecule has 0 heterocycles. The second kappa shape index (κ2) is 6.50. The minimum Gasteiger partial charge on any atom is -0.384 e. The normalized spacial score (nSPS) is 12.4. The molecule has 0 aromatic heterocycles. The molecule has 0 radical (unpaired) electrons. The van der Waals surface area contributed by atoms with Crippen LogP contribution in [-0.4, -0.2) is 17.8 Å². The van der Waals surface area contributed by atoms with Crippen LogP contribution in [0.4, 0.5) is 4.39 Å². The summed E-state index contributed by atoms with van der Waals surface area (Å²) in [6.45, 7) is 2.64. The minimum absolute atomic E-state index is 0.0350. The van der Waals surface area contributed by atoms with E-state index in [1.54, 1.807) is 6.07 Å². The van der Waals surface area contributed by atoms with Gasteiger partial charge in [0.2, 0.25) is 0 Å². The summed E-state index contributed by atoms with van der Waals surface area (Å²) in [5.74, 6) is -0.129. The van der Waals surface area contributed by atoms with Gasteiger partial charge in [0, 0.05) is 23.7 Å². The van der Waals surface area contributed by atoms with Gasteiger partial charge in [-0.3, -0.25) is 10.3 Å². The number of hydrogen-bond acceptors (Lipinski definition) is 2. The third kappa shape index (κ3) is 3.67. The second-order valence-corrected chi connectivity index (χ2v) is 5.23. The van der Waals surface area contributed by atoms with E-state index in [2.05, 4.69) is 4.90 Å². The van der Waals surface area contributed by atoms with Crippen molar-refractivity contribution in [3.05, 3.63) is 71.0 Å². The molecule has 110 valence electrons. The van der Waals surface area contributed by atoms with Crippen LogP contribution in [0.2, 0.25) is 0 Å². The third-order valence-corrected chi connectivity index (χ3v) is 3.69. The molecule has 0 spiro atoms. The Labute approximate surface area is 124 Å². The van der Waals surface area contributed by atoms with Crippen molar-refractivity contribution in [2.45, 2.75) is 19.5 Å². The van der Waals surface area contributed by atoms with Gasteiger partial charge in [0.05, 0.1) is 0 Å². The van der Waals surface area contributed by atoms with Crippen molar-refractivity contribution in [1.29, 1.82) is 5.41 Å². The van der Waals surface area contributed by atoms with Crippen molar-refractivity contribution in [3.63, 3.8) is 0 Å². The van der Waals surface area contributed by atoms with Crippen LogP contribution in [0.3, 0.4) is 0 Å². The Bertz CT molecular complexity index is 639. The largest absolute Gasteiger partial charge is 0.384 e. The summed E-state index contributed by atoms with van der Waals surface area (Å²) in [5, 5.41) is 7.48. The predicted molar refractivity (Wildman–Crippen MR) is 83.7 cm³/mol. The molecule has 0 aliphatic carbocycles. The molecule has 1 atom stereocenters. The molecule has 0 aliphatic heterocycles. The van der Waals surface area contributed by atoms with Gasteiger partial charge in [-0.1, -0.05) is 36.4 Å². The summed E-state index contributed by atoms with van der Waals surface area (Å²) >= 11 is 0. The number of nitrogen functional groups attached to an aromatic ring is 1. The van der Waals surface area contributed by atoms with Crippen LogP contribution in [0.15, 0.2) is 48.5 Å². The molecule has 2 aromatic rings. The van der Waals surface area contributed by atoms with Gasteiger partial charge in [-0.25, -0.2) is 4.39 Å². The molecule has 1 unspecified atom stereocenters. The Balaban J connectivity index is 2.14. The van der Waals surface area contributed by atoms with Crippen molar-refractivity contribution in [2.24, 2.45) is 5.73 Å². The molecule has 21 heavy (non-hydrogen) atoms. The predicted octanol–water partition coefficient (Wildman–Crippen LogP) is 3.30. The number of halogens is 1. The van der Waals surface area contributed by atoms with Gasteiger partial charge < -0.3 is 5.73 Å². The van der Waals surface area contributed by atoms with Crippen LogP contribution in [-0.2, 0) is 6.54 Å². The van der Waals surface area contributed by atoms with Crippen molar-refractivity contribution in [3.8, 4) is 0 Å². The summed E-state index contributed by atoms with van der Waals surface area (Å²) in [4.78, 5) is 2.07. The van der Waals surface area contributed by atoms with Crippen molar-refractivity contribution in [2.75, 3.05) is 7.05 Å². The van der Waals surface area contributed by atoms with E-state index in [0.717, 1.165) is 5.56 Å². The molecule has 3 nitrogen and oxygen atoms in total. The summed E-state index contributed by atoms with van der Waals surface area (Å²) in [7, 11) is 1.96. The van der Waals surface area contributed by atoms with Gasteiger partial charge in [-0.2, -0.15) is 0 Å². The molecular formula is C17H20FN3. The summed E-state index contributed by atoms with van der Waals surface area (Å²) < 4.78 is 13.8. The number of nitrogens with two attached hydrogens (primary N) is 1. The van der Waals surface area contributed by atoms with Gasteiger partial charge in [-0.15, -0.1) is 0 Å². The standard InChI is InChI=1S/C17H20FN3/c1-12(15-8-3-4-9-16(15)18)21(2)11-13-6-5-7-14(10-13)17(19)20/h3-10,12H,11H2,1-2H3,(H3,19,20). The first-order valence-corrected chi connectivity index (χ1v) is 6.87. The quantitative estimate of drug-likeness (QED) is 0.654. The fraction of sp³-hybridized carbons (Fsp3) is 0.235. The maximum absolute atomic E-state index is 13.8. The van der Waals surface area contributed by atoms with Gasteiger partial charge in [0.15, 0.2) is 0 Å². The van der Waals surface area contributed by atoms with Crippen molar-refractivity contribution >= 4 is 5.84 Å². The highest BCUT2D eigenvalue weighted by Gasteiger charge is 2.15. The second-order valence-electron chi connectivity index (χ2n) is 5.23.